The summed E-state index contributed by atoms with van der Waals surface area (Å²) in [6.45, 7) is 5.14. The fraction of sp³-hybridized carbons (Fsp3) is 0.286. The molecule has 0 spiro atoms. The SMILES string of the molecule is C#CCOc1ccccc1CN(C)CC(=O)Nc1ccc(C)cc1C. The summed E-state index contributed by atoms with van der Waals surface area (Å²) in [4.78, 5) is 14.2. The predicted molar refractivity (Wildman–Crippen MR) is 102 cm³/mol. The smallest absolute Gasteiger partial charge is 0.238 e. The molecule has 130 valence electrons. The van der Waals surface area contributed by atoms with Crippen molar-refractivity contribution in [2.24, 2.45) is 0 Å². The standard InChI is InChI=1S/C21H24N2O2/c1-5-12-25-20-9-7-6-8-18(20)14-23(4)15-21(24)22-19-11-10-16(2)13-17(19)3/h1,6-11,13H,12,14-15H2,2-4H3,(H,22,24). The lowest BCUT2D eigenvalue weighted by molar-refractivity contribution is -0.117. The number of likely N-dealkylation sites (N-methyl/N-ethyl adjacent to an activating group) is 1. The molecule has 0 saturated carbocycles. The van der Waals surface area contributed by atoms with Crippen molar-refractivity contribution in [3.8, 4) is 18.1 Å². The van der Waals surface area contributed by atoms with Gasteiger partial charge in [0.25, 0.3) is 0 Å². The number of ether oxygens (including phenoxy) is 1. The van der Waals surface area contributed by atoms with Crippen LogP contribution < -0.4 is 10.1 Å². The number of carbonyl (C=O) groups is 1. The lowest BCUT2D eigenvalue weighted by Crippen LogP contribution is -2.30. The molecule has 2 aromatic rings. The highest BCUT2D eigenvalue weighted by atomic mass is 16.5. The van der Waals surface area contributed by atoms with Crippen molar-refractivity contribution in [1.29, 1.82) is 0 Å². The molecule has 1 amide bonds. The summed E-state index contributed by atoms with van der Waals surface area (Å²) >= 11 is 0. The number of amides is 1. The zero-order chi connectivity index (χ0) is 18.2. The third-order valence-electron chi connectivity index (χ3n) is 3.79. The van der Waals surface area contributed by atoms with E-state index in [1.54, 1.807) is 0 Å². The van der Waals surface area contributed by atoms with Crippen LogP contribution in [0.2, 0.25) is 0 Å². The first-order chi connectivity index (χ1) is 12.0. The lowest BCUT2D eigenvalue weighted by Gasteiger charge is -2.19. The van der Waals surface area contributed by atoms with Gasteiger partial charge in [-0.05, 0) is 38.6 Å². The number of aryl methyl sites for hydroxylation is 2. The van der Waals surface area contributed by atoms with Crippen LogP contribution in [-0.2, 0) is 11.3 Å². The minimum Gasteiger partial charge on any atom is -0.481 e. The second-order valence-electron chi connectivity index (χ2n) is 6.14. The summed E-state index contributed by atoms with van der Waals surface area (Å²) in [6, 6.07) is 13.7. The summed E-state index contributed by atoms with van der Waals surface area (Å²) in [6.07, 6.45) is 5.25. The van der Waals surface area contributed by atoms with Gasteiger partial charge in [0.2, 0.25) is 5.91 Å². The van der Waals surface area contributed by atoms with E-state index in [1.165, 1.54) is 5.56 Å². The van der Waals surface area contributed by atoms with E-state index in [0.717, 1.165) is 22.6 Å². The van der Waals surface area contributed by atoms with E-state index in [1.807, 2.05) is 62.2 Å². The maximum Gasteiger partial charge on any atom is 0.238 e. The van der Waals surface area contributed by atoms with Crippen LogP contribution in [0.15, 0.2) is 42.5 Å². The highest BCUT2D eigenvalue weighted by Crippen LogP contribution is 2.20. The molecule has 1 N–H and O–H groups in total. The van der Waals surface area contributed by atoms with Crippen molar-refractivity contribution in [2.45, 2.75) is 20.4 Å². The van der Waals surface area contributed by atoms with Crippen LogP contribution in [0.4, 0.5) is 5.69 Å². The van der Waals surface area contributed by atoms with Gasteiger partial charge in [0.15, 0.2) is 0 Å². The fourth-order valence-corrected chi connectivity index (χ4v) is 2.63. The van der Waals surface area contributed by atoms with Crippen molar-refractivity contribution < 1.29 is 9.53 Å². The van der Waals surface area contributed by atoms with Crippen LogP contribution >= 0.6 is 0 Å². The molecule has 0 bridgehead atoms. The Kier molecular flexibility index (Phi) is 6.62. The van der Waals surface area contributed by atoms with Crippen molar-refractivity contribution in [2.75, 3.05) is 25.5 Å². The average molecular weight is 336 g/mol. The van der Waals surface area contributed by atoms with Gasteiger partial charge in [-0.2, -0.15) is 0 Å². The van der Waals surface area contributed by atoms with Gasteiger partial charge in [0.05, 0.1) is 6.54 Å². The predicted octanol–water partition coefficient (Wildman–Crippen LogP) is 3.39. The van der Waals surface area contributed by atoms with Gasteiger partial charge in [-0.1, -0.05) is 41.8 Å². The molecule has 25 heavy (non-hydrogen) atoms. The van der Waals surface area contributed by atoms with Gasteiger partial charge in [0.1, 0.15) is 12.4 Å². The first-order valence-corrected chi connectivity index (χ1v) is 8.19. The second-order valence-corrected chi connectivity index (χ2v) is 6.14. The molecule has 0 fully saturated rings. The molecule has 4 nitrogen and oxygen atoms in total. The maximum absolute atomic E-state index is 12.3. The summed E-state index contributed by atoms with van der Waals surface area (Å²) < 4.78 is 5.55. The molecule has 0 aliphatic rings. The third-order valence-corrected chi connectivity index (χ3v) is 3.79. The largest absolute Gasteiger partial charge is 0.481 e. The van der Waals surface area contributed by atoms with E-state index in [-0.39, 0.29) is 19.1 Å². The summed E-state index contributed by atoms with van der Waals surface area (Å²) in [5.74, 6) is 3.17. The molecular formula is C21H24N2O2. The first-order valence-electron chi connectivity index (χ1n) is 8.19. The number of hydrogen-bond acceptors (Lipinski definition) is 3. The monoisotopic (exact) mass is 336 g/mol. The van der Waals surface area contributed by atoms with E-state index in [9.17, 15) is 4.79 Å². The lowest BCUT2D eigenvalue weighted by atomic mass is 10.1. The Balaban J connectivity index is 1.95. The number of carbonyl (C=O) groups excluding carboxylic acids is 1. The third kappa shape index (κ3) is 5.66. The van der Waals surface area contributed by atoms with E-state index < -0.39 is 0 Å². The summed E-state index contributed by atoms with van der Waals surface area (Å²) in [7, 11) is 1.90. The number of terminal acetylenes is 1. The highest BCUT2D eigenvalue weighted by Gasteiger charge is 2.11. The normalized spacial score (nSPS) is 10.4. The van der Waals surface area contributed by atoms with Gasteiger partial charge < -0.3 is 10.1 Å². The highest BCUT2D eigenvalue weighted by molar-refractivity contribution is 5.92. The molecule has 0 aliphatic carbocycles. The minimum absolute atomic E-state index is 0.0449. The number of anilines is 1. The molecule has 0 saturated heterocycles. The Labute approximate surface area is 149 Å². The molecule has 0 heterocycles. The van der Waals surface area contributed by atoms with Crippen LogP contribution in [0.5, 0.6) is 5.75 Å². The first kappa shape index (κ1) is 18.6. The molecule has 0 aromatic heterocycles. The van der Waals surface area contributed by atoms with Crippen LogP contribution in [-0.4, -0.2) is 31.0 Å². The molecule has 2 rings (SSSR count). The Morgan fingerprint density at radius 1 is 1.24 bits per heavy atom. The minimum atomic E-state index is -0.0449. The van der Waals surface area contributed by atoms with Crippen molar-refractivity contribution in [3.05, 3.63) is 59.2 Å². The molecule has 0 unspecified atom stereocenters. The topological polar surface area (TPSA) is 41.6 Å². The number of hydrogen-bond donors (Lipinski definition) is 1. The molecule has 0 aliphatic heterocycles. The van der Waals surface area contributed by atoms with Crippen molar-refractivity contribution in [1.82, 2.24) is 4.90 Å². The number of rotatable bonds is 7. The molecule has 4 heteroatoms. The van der Waals surface area contributed by atoms with Gasteiger partial charge in [-0.3, -0.25) is 9.69 Å². The molecule has 2 aromatic carbocycles. The zero-order valence-corrected chi connectivity index (χ0v) is 15.0. The Morgan fingerprint density at radius 2 is 2.00 bits per heavy atom. The van der Waals surface area contributed by atoms with Crippen molar-refractivity contribution >= 4 is 11.6 Å². The Bertz CT molecular complexity index is 778. The van der Waals surface area contributed by atoms with Crippen molar-refractivity contribution in [3.63, 3.8) is 0 Å². The van der Waals surface area contributed by atoms with Crippen LogP contribution in [0.3, 0.4) is 0 Å². The fourth-order valence-electron chi connectivity index (χ4n) is 2.63. The zero-order valence-electron chi connectivity index (χ0n) is 15.0. The molecular weight excluding hydrogens is 312 g/mol. The van der Waals surface area contributed by atoms with Crippen LogP contribution in [0.1, 0.15) is 16.7 Å². The number of para-hydroxylation sites is 1. The van der Waals surface area contributed by atoms with E-state index in [0.29, 0.717) is 6.54 Å². The summed E-state index contributed by atoms with van der Waals surface area (Å²) in [5, 5.41) is 2.96. The van der Waals surface area contributed by atoms with Crippen LogP contribution in [0.25, 0.3) is 0 Å². The number of nitrogens with zero attached hydrogens (tertiary/aromatic N) is 1. The summed E-state index contributed by atoms with van der Waals surface area (Å²) in [5.41, 5.74) is 4.08. The molecule has 0 radical (unpaired) electrons. The van der Waals surface area contributed by atoms with E-state index in [4.69, 9.17) is 11.2 Å². The Morgan fingerprint density at radius 3 is 2.72 bits per heavy atom. The van der Waals surface area contributed by atoms with Gasteiger partial charge in [-0.15, -0.1) is 6.42 Å². The van der Waals surface area contributed by atoms with Gasteiger partial charge in [-0.25, -0.2) is 0 Å². The number of benzene rings is 2. The quantitative estimate of drug-likeness (QED) is 0.788. The van der Waals surface area contributed by atoms with E-state index in [2.05, 4.69) is 17.3 Å². The van der Waals surface area contributed by atoms with Gasteiger partial charge >= 0.3 is 0 Å². The maximum atomic E-state index is 12.3. The van der Waals surface area contributed by atoms with Crippen LogP contribution in [0, 0.1) is 26.2 Å². The van der Waals surface area contributed by atoms with E-state index >= 15 is 0 Å². The Hall–Kier alpha value is -2.77. The number of nitrogens with one attached hydrogen (secondary N) is 1. The molecule has 0 atom stereocenters. The second kappa shape index (κ2) is 8.91. The average Bonchev–Trinajstić information content (AvgIpc) is 2.56. The van der Waals surface area contributed by atoms with Gasteiger partial charge in [0, 0.05) is 17.8 Å².